The zero-order chi connectivity index (χ0) is 17.8. The van der Waals surface area contributed by atoms with Crippen LogP contribution >= 0.6 is 0 Å². The summed E-state index contributed by atoms with van der Waals surface area (Å²) in [5, 5.41) is 2.68. The van der Waals surface area contributed by atoms with Gasteiger partial charge in [0.1, 0.15) is 22.9 Å². The van der Waals surface area contributed by atoms with Crippen LogP contribution in [0, 0.1) is 17.6 Å². The number of rotatable bonds is 5. The maximum Gasteiger partial charge on any atom is 0.257 e. The second kappa shape index (κ2) is 8.13. The number of carbonyl (C=O) groups excluding carboxylic acids is 1. The van der Waals surface area contributed by atoms with Crippen LogP contribution in [-0.2, 0) is 0 Å². The van der Waals surface area contributed by atoms with E-state index in [1.807, 2.05) is 0 Å². The molecule has 1 N–H and O–H groups in total. The lowest BCUT2D eigenvalue weighted by Crippen LogP contribution is -2.48. The maximum atomic E-state index is 14.0. The first-order chi connectivity index (χ1) is 12.1. The van der Waals surface area contributed by atoms with Gasteiger partial charge < -0.3 is 15.0 Å². The number of hydrogen-bond donors (Lipinski definition) is 1. The Morgan fingerprint density at radius 1 is 1.20 bits per heavy atom. The van der Waals surface area contributed by atoms with Gasteiger partial charge in [-0.05, 0) is 51.1 Å². The molecule has 0 aromatic heterocycles. The van der Waals surface area contributed by atoms with Crippen LogP contribution in [0.2, 0.25) is 0 Å². The number of ether oxygens (including phenoxy) is 1. The molecule has 25 heavy (non-hydrogen) atoms. The zero-order valence-corrected chi connectivity index (χ0v) is 14.7. The molecular formula is C19H26F2N2O2. The molecule has 4 nitrogen and oxygen atoms in total. The van der Waals surface area contributed by atoms with Crippen molar-refractivity contribution in [1.82, 2.24) is 10.2 Å². The molecule has 1 amide bonds. The third kappa shape index (κ3) is 4.11. The van der Waals surface area contributed by atoms with Crippen molar-refractivity contribution in [3.63, 3.8) is 0 Å². The first-order valence-electron chi connectivity index (χ1n) is 9.15. The van der Waals surface area contributed by atoms with Gasteiger partial charge in [-0.3, -0.25) is 4.79 Å². The van der Waals surface area contributed by atoms with Crippen molar-refractivity contribution in [2.24, 2.45) is 5.92 Å². The summed E-state index contributed by atoms with van der Waals surface area (Å²) in [4.78, 5) is 14.7. The molecule has 2 atom stereocenters. The minimum absolute atomic E-state index is 0.0612. The highest BCUT2D eigenvalue weighted by atomic mass is 19.1. The van der Waals surface area contributed by atoms with Crippen molar-refractivity contribution in [3.05, 3.63) is 29.3 Å². The minimum atomic E-state index is -0.898. The third-order valence-electron chi connectivity index (χ3n) is 5.51. The number of benzene rings is 1. The monoisotopic (exact) mass is 352 g/mol. The molecule has 1 aromatic rings. The molecule has 1 aromatic carbocycles. The van der Waals surface area contributed by atoms with Crippen LogP contribution in [0.3, 0.4) is 0 Å². The van der Waals surface area contributed by atoms with Crippen LogP contribution in [-0.4, -0.2) is 43.6 Å². The highest BCUT2D eigenvalue weighted by Gasteiger charge is 2.32. The number of amides is 1. The Hall–Kier alpha value is -1.69. The van der Waals surface area contributed by atoms with Gasteiger partial charge in [0.15, 0.2) is 0 Å². The van der Waals surface area contributed by atoms with Crippen molar-refractivity contribution in [2.75, 3.05) is 26.7 Å². The number of nitrogens with zero attached hydrogens (tertiary/aromatic N) is 1. The summed E-state index contributed by atoms with van der Waals surface area (Å²) in [6.07, 6.45) is 6.98. The van der Waals surface area contributed by atoms with Crippen LogP contribution in [0.25, 0.3) is 0 Å². The molecule has 2 heterocycles. The molecule has 2 fully saturated rings. The first-order valence-corrected chi connectivity index (χ1v) is 9.15. The van der Waals surface area contributed by atoms with Crippen LogP contribution in [0.5, 0.6) is 5.75 Å². The molecule has 0 bridgehead atoms. The average Bonchev–Trinajstić information content (AvgIpc) is 2.61. The Bertz CT molecular complexity index is 598. The summed E-state index contributed by atoms with van der Waals surface area (Å²) >= 11 is 0. The predicted molar refractivity (Wildman–Crippen MR) is 91.8 cm³/mol. The van der Waals surface area contributed by atoms with Gasteiger partial charge in [0.05, 0.1) is 7.11 Å². The van der Waals surface area contributed by atoms with Gasteiger partial charge in [0.25, 0.3) is 5.91 Å². The molecule has 6 heteroatoms. The third-order valence-corrected chi connectivity index (χ3v) is 5.51. The van der Waals surface area contributed by atoms with E-state index in [4.69, 9.17) is 4.74 Å². The minimum Gasteiger partial charge on any atom is -0.497 e. The topological polar surface area (TPSA) is 41.6 Å². The normalized spacial score (nSPS) is 23.8. The van der Waals surface area contributed by atoms with Gasteiger partial charge in [0.2, 0.25) is 0 Å². The summed E-state index contributed by atoms with van der Waals surface area (Å²) in [5.74, 6) is -1.88. The van der Waals surface area contributed by atoms with Crippen LogP contribution in [0.1, 0.15) is 48.9 Å². The average molecular weight is 352 g/mol. The molecule has 138 valence electrons. The molecule has 2 aliphatic heterocycles. The Labute approximate surface area is 147 Å². The molecule has 0 aliphatic carbocycles. The van der Waals surface area contributed by atoms with Crippen molar-refractivity contribution in [3.8, 4) is 5.75 Å². The smallest absolute Gasteiger partial charge is 0.257 e. The number of carbonyl (C=O) groups is 1. The van der Waals surface area contributed by atoms with E-state index in [2.05, 4.69) is 10.2 Å². The van der Waals surface area contributed by atoms with Crippen LogP contribution < -0.4 is 10.1 Å². The van der Waals surface area contributed by atoms with Gasteiger partial charge >= 0.3 is 0 Å². The number of hydrogen-bond acceptors (Lipinski definition) is 3. The van der Waals surface area contributed by atoms with Gasteiger partial charge in [-0.2, -0.15) is 0 Å². The molecule has 0 spiro atoms. The second-order valence-corrected chi connectivity index (χ2v) is 7.01. The number of fused-ring (bicyclic) bond motifs is 1. The Morgan fingerprint density at radius 2 is 1.92 bits per heavy atom. The van der Waals surface area contributed by atoms with E-state index in [1.165, 1.54) is 52.3 Å². The van der Waals surface area contributed by atoms with Gasteiger partial charge in [-0.1, -0.05) is 6.42 Å². The van der Waals surface area contributed by atoms with Crippen molar-refractivity contribution in [1.29, 1.82) is 0 Å². The highest BCUT2D eigenvalue weighted by molar-refractivity contribution is 5.94. The molecule has 2 aliphatic rings. The molecule has 0 saturated carbocycles. The number of methoxy groups -OCH3 is 1. The Balaban J connectivity index is 1.56. The van der Waals surface area contributed by atoms with E-state index in [0.717, 1.165) is 18.6 Å². The van der Waals surface area contributed by atoms with E-state index < -0.39 is 23.1 Å². The largest absolute Gasteiger partial charge is 0.497 e. The van der Waals surface area contributed by atoms with Gasteiger partial charge in [-0.15, -0.1) is 0 Å². The number of halogens is 2. The Morgan fingerprint density at radius 3 is 2.64 bits per heavy atom. The molecule has 0 unspecified atom stereocenters. The molecule has 3 rings (SSSR count). The van der Waals surface area contributed by atoms with E-state index >= 15 is 0 Å². The van der Waals surface area contributed by atoms with Gasteiger partial charge in [0, 0.05) is 24.7 Å². The summed E-state index contributed by atoms with van der Waals surface area (Å²) in [5.41, 5.74) is -0.538. The first kappa shape index (κ1) is 18.1. The summed E-state index contributed by atoms with van der Waals surface area (Å²) in [6, 6.07) is 2.66. The van der Waals surface area contributed by atoms with E-state index in [1.54, 1.807) is 0 Å². The quantitative estimate of drug-likeness (QED) is 0.884. The van der Waals surface area contributed by atoms with E-state index in [0.29, 0.717) is 18.5 Å². The highest BCUT2D eigenvalue weighted by Crippen LogP contribution is 2.32. The molecule has 2 saturated heterocycles. The van der Waals surface area contributed by atoms with Crippen molar-refractivity contribution >= 4 is 5.91 Å². The fourth-order valence-corrected chi connectivity index (χ4v) is 4.26. The van der Waals surface area contributed by atoms with Crippen molar-refractivity contribution < 1.29 is 18.3 Å². The lowest BCUT2D eigenvalue weighted by Gasteiger charge is -2.44. The molecule has 0 radical (unpaired) electrons. The second-order valence-electron chi connectivity index (χ2n) is 7.01. The SMILES string of the molecule is COc1cc(F)c(C(=O)NCC[C@@H]2CCCN3CCCC[C@H]23)c(F)c1. The lowest BCUT2D eigenvalue weighted by atomic mass is 9.81. The standard InChI is InChI=1S/C19H26F2N2O2/c1-25-14-11-15(20)18(16(21)12-14)19(24)22-8-7-13-5-4-10-23-9-3-2-6-17(13)23/h11-13,17H,2-10H2,1H3,(H,22,24)/t13-,17+/m0/s1. The summed E-state index contributed by atoms with van der Waals surface area (Å²) in [6.45, 7) is 2.80. The molecular weight excluding hydrogens is 326 g/mol. The Kier molecular flexibility index (Phi) is 5.89. The van der Waals surface area contributed by atoms with Crippen LogP contribution in [0.15, 0.2) is 12.1 Å². The van der Waals surface area contributed by atoms with Gasteiger partial charge in [-0.25, -0.2) is 8.78 Å². The van der Waals surface area contributed by atoms with Crippen LogP contribution in [0.4, 0.5) is 8.78 Å². The van der Waals surface area contributed by atoms with E-state index in [-0.39, 0.29) is 5.75 Å². The van der Waals surface area contributed by atoms with E-state index in [9.17, 15) is 13.6 Å². The number of piperidine rings is 2. The fraction of sp³-hybridized carbons (Fsp3) is 0.632. The van der Waals surface area contributed by atoms with Crippen molar-refractivity contribution in [2.45, 2.75) is 44.6 Å². The number of nitrogens with one attached hydrogen (secondary N) is 1. The maximum absolute atomic E-state index is 14.0. The predicted octanol–water partition coefficient (Wildman–Crippen LogP) is 3.36. The lowest BCUT2D eigenvalue weighted by molar-refractivity contribution is 0.0554. The fourth-order valence-electron chi connectivity index (χ4n) is 4.26. The zero-order valence-electron chi connectivity index (χ0n) is 14.7. The summed E-state index contributed by atoms with van der Waals surface area (Å²) in [7, 11) is 1.33. The summed E-state index contributed by atoms with van der Waals surface area (Å²) < 4.78 is 32.7.